The van der Waals surface area contributed by atoms with E-state index in [0.29, 0.717) is 17.3 Å². The minimum atomic E-state index is -3.69. The zero-order valence-electron chi connectivity index (χ0n) is 19.3. The predicted octanol–water partition coefficient (Wildman–Crippen LogP) is 5.16. The summed E-state index contributed by atoms with van der Waals surface area (Å²) in [5, 5.41) is 9.21. The molecule has 1 N–H and O–H groups in total. The molecular weight excluding hydrogens is 500 g/mol. The molecule has 182 valence electrons. The Bertz CT molecular complexity index is 1330. The molecule has 3 aromatic carbocycles. The molecule has 6 nitrogen and oxygen atoms in total. The van der Waals surface area contributed by atoms with Crippen molar-refractivity contribution >= 4 is 33.4 Å². The second kappa shape index (κ2) is 11.9. The van der Waals surface area contributed by atoms with E-state index in [1.807, 2.05) is 55.6 Å². The van der Waals surface area contributed by atoms with Crippen LogP contribution in [0.25, 0.3) is 0 Å². The van der Waals surface area contributed by atoms with Gasteiger partial charge in [-0.2, -0.15) is 0 Å². The summed E-state index contributed by atoms with van der Waals surface area (Å²) in [7, 11) is -3.69. The number of thioether (sulfide) groups is 1. The smallest absolute Gasteiger partial charge is 0.240 e. The summed E-state index contributed by atoms with van der Waals surface area (Å²) >= 11 is 7.56. The van der Waals surface area contributed by atoms with Crippen molar-refractivity contribution in [1.82, 2.24) is 19.7 Å². The van der Waals surface area contributed by atoms with Gasteiger partial charge in [0.2, 0.25) is 10.0 Å². The van der Waals surface area contributed by atoms with Gasteiger partial charge in [-0.1, -0.05) is 64.8 Å². The molecule has 1 aromatic heterocycles. The van der Waals surface area contributed by atoms with Crippen LogP contribution in [0, 0.1) is 6.92 Å². The number of halogens is 1. The number of sulfonamides is 1. The maximum absolute atomic E-state index is 13.1. The van der Waals surface area contributed by atoms with Gasteiger partial charge in [-0.25, -0.2) is 13.1 Å². The molecular formula is C26H27ClN4O2S2. The molecule has 0 aliphatic heterocycles. The van der Waals surface area contributed by atoms with Gasteiger partial charge in [0.15, 0.2) is 0 Å². The number of benzene rings is 3. The van der Waals surface area contributed by atoms with Gasteiger partial charge in [0, 0.05) is 21.9 Å². The molecule has 4 aromatic rings. The minimum Gasteiger partial charge on any atom is -0.251 e. The van der Waals surface area contributed by atoms with Crippen LogP contribution in [0.4, 0.5) is 0 Å². The molecule has 0 unspecified atom stereocenters. The van der Waals surface area contributed by atoms with Crippen molar-refractivity contribution in [3.05, 3.63) is 107 Å². The van der Waals surface area contributed by atoms with Crippen molar-refractivity contribution in [1.29, 1.82) is 0 Å². The average molecular weight is 527 g/mol. The average Bonchev–Trinajstić information content (AvgIpc) is 3.30. The van der Waals surface area contributed by atoms with Gasteiger partial charge >= 0.3 is 0 Å². The van der Waals surface area contributed by atoms with E-state index in [1.54, 1.807) is 40.7 Å². The van der Waals surface area contributed by atoms with Gasteiger partial charge < -0.3 is 0 Å². The monoisotopic (exact) mass is 526 g/mol. The number of aromatic nitrogens is 3. The second-order valence-electron chi connectivity index (χ2n) is 8.31. The van der Waals surface area contributed by atoms with Crippen molar-refractivity contribution in [2.24, 2.45) is 0 Å². The fourth-order valence-corrected chi connectivity index (χ4v) is 5.91. The van der Waals surface area contributed by atoms with Crippen LogP contribution in [0.3, 0.4) is 0 Å². The molecule has 0 spiro atoms. The molecule has 0 aliphatic rings. The predicted molar refractivity (Wildman–Crippen MR) is 141 cm³/mol. The fourth-order valence-electron chi connectivity index (χ4n) is 3.54. The van der Waals surface area contributed by atoms with Crippen LogP contribution < -0.4 is 4.72 Å². The van der Waals surface area contributed by atoms with Crippen molar-refractivity contribution in [2.45, 2.75) is 42.1 Å². The Morgan fingerprint density at radius 3 is 2.40 bits per heavy atom. The van der Waals surface area contributed by atoms with Crippen LogP contribution >= 0.6 is 23.4 Å². The maximum Gasteiger partial charge on any atom is 0.240 e. The van der Waals surface area contributed by atoms with E-state index in [-0.39, 0.29) is 4.90 Å². The number of rotatable bonds is 11. The van der Waals surface area contributed by atoms with Gasteiger partial charge in [-0.3, -0.25) is 4.68 Å². The van der Waals surface area contributed by atoms with E-state index in [2.05, 4.69) is 27.2 Å². The van der Waals surface area contributed by atoms with Gasteiger partial charge in [0.05, 0.1) is 23.2 Å². The van der Waals surface area contributed by atoms with Crippen molar-refractivity contribution in [3.8, 4) is 0 Å². The molecule has 0 radical (unpaired) electrons. The molecule has 0 fully saturated rings. The molecule has 0 aliphatic carbocycles. The largest absolute Gasteiger partial charge is 0.251 e. The lowest BCUT2D eigenvalue weighted by molar-refractivity contribution is 0.489. The number of hydrogen-bond donors (Lipinski definition) is 1. The van der Waals surface area contributed by atoms with Crippen LogP contribution in [-0.2, 0) is 29.4 Å². The standard InChI is InChI=1S/C26H27ClN4O2S2/c1-20-7-15-26(16-8-20)35(32,33)29-24(19-34-25-13-10-22(27)11-14-25)18-31-17-23(28-30-31)12-9-21-5-3-2-4-6-21/h2-8,10-11,13-17,24,29H,9,12,18-19H2,1H3/t24-/m1/s1. The fraction of sp³-hybridized carbons (Fsp3) is 0.231. The van der Waals surface area contributed by atoms with E-state index in [4.69, 9.17) is 11.6 Å². The number of aryl methyl sites for hydroxylation is 3. The first-order valence-electron chi connectivity index (χ1n) is 11.3. The van der Waals surface area contributed by atoms with E-state index in [9.17, 15) is 8.42 Å². The van der Waals surface area contributed by atoms with Crippen LogP contribution in [0.1, 0.15) is 16.8 Å². The Kier molecular flexibility index (Phi) is 8.62. The van der Waals surface area contributed by atoms with E-state index in [0.717, 1.165) is 29.0 Å². The first-order valence-corrected chi connectivity index (χ1v) is 14.1. The zero-order chi connectivity index (χ0) is 24.7. The zero-order valence-corrected chi connectivity index (χ0v) is 21.7. The number of hydrogen-bond acceptors (Lipinski definition) is 5. The first kappa shape index (κ1) is 25.4. The van der Waals surface area contributed by atoms with Crippen molar-refractivity contribution in [2.75, 3.05) is 5.75 Å². The van der Waals surface area contributed by atoms with Crippen molar-refractivity contribution in [3.63, 3.8) is 0 Å². The lowest BCUT2D eigenvalue weighted by Gasteiger charge is -2.18. The number of nitrogens with one attached hydrogen (secondary N) is 1. The third-order valence-corrected chi connectivity index (χ3v) is 8.39. The molecule has 0 saturated carbocycles. The van der Waals surface area contributed by atoms with Gasteiger partial charge in [-0.05, 0) is 61.7 Å². The summed E-state index contributed by atoms with van der Waals surface area (Å²) in [5.41, 5.74) is 3.12. The summed E-state index contributed by atoms with van der Waals surface area (Å²) in [6.45, 7) is 2.29. The van der Waals surface area contributed by atoms with Crippen molar-refractivity contribution < 1.29 is 8.42 Å². The highest BCUT2D eigenvalue weighted by Gasteiger charge is 2.21. The first-order chi connectivity index (χ1) is 16.9. The molecule has 4 rings (SSSR count). The lowest BCUT2D eigenvalue weighted by Crippen LogP contribution is -2.39. The summed E-state index contributed by atoms with van der Waals surface area (Å²) < 4.78 is 30.7. The van der Waals surface area contributed by atoms with Gasteiger partial charge in [0.1, 0.15) is 0 Å². The maximum atomic E-state index is 13.1. The quantitative estimate of drug-likeness (QED) is 0.273. The minimum absolute atomic E-state index is 0.242. The molecule has 9 heteroatoms. The van der Waals surface area contributed by atoms with Gasteiger partial charge in [-0.15, -0.1) is 16.9 Å². The summed E-state index contributed by atoms with van der Waals surface area (Å²) in [5.74, 6) is 0.520. The van der Waals surface area contributed by atoms with E-state index >= 15 is 0 Å². The summed E-state index contributed by atoms with van der Waals surface area (Å²) in [4.78, 5) is 1.25. The Morgan fingerprint density at radius 1 is 0.971 bits per heavy atom. The molecule has 1 heterocycles. The van der Waals surface area contributed by atoms with Crippen LogP contribution in [0.15, 0.2) is 94.9 Å². The molecule has 35 heavy (non-hydrogen) atoms. The second-order valence-corrected chi connectivity index (χ2v) is 11.6. The Hall–Kier alpha value is -2.65. The highest BCUT2D eigenvalue weighted by Crippen LogP contribution is 2.22. The summed E-state index contributed by atoms with van der Waals surface area (Å²) in [6.07, 6.45) is 3.53. The summed E-state index contributed by atoms with van der Waals surface area (Å²) in [6, 6.07) is 24.2. The van der Waals surface area contributed by atoms with E-state index in [1.165, 1.54) is 5.56 Å². The van der Waals surface area contributed by atoms with Crippen LogP contribution in [0.5, 0.6) is 0 Å². The Morgan fingerprint density at radius 2 is 1.69 bits per heavy atom. The third-order valence-electron chi connectivity index (χ3n) is 5.42. The number of nitrogens with zero attached hydrogens (tertiary/aromatic N) is 3. The molecule has 0 saturated heterocycles. The molecule has 1 atom stereocenters. The Balaban J connectivity index is 1.46. The van der Waals surface area contributed by atoms with E-state index < -0.39 is 16.1 Å². The van der Waals surface area contributed by atoms with Crippen LogP contribution in [0.2, 0.25) is 5.02 Å². The van der Waals surface area contributed by atoms with Crippen LogP contribution in [-0.4, -0.2) is 35.2 Å². The Labute approximate surface area is 215 Å². The third kappa shape index (κ3) is 7.67. The molecule has 0 bridgehead atoms. The highest BCUT2D eigenvalue weighted by atomic mass is 35.5. The lowest BCUT2D eigenvalue weighted by atomic mass is 10.1. The SMILES string of the molecule is Cc1ccc(S(=O)(=O)N[C@@H](CSc2ccc(Cl)cc2)Cn2cc(CCc3ccccc3)nn2)cc1. The normalized spacial score (nSPS) is 12.5. The highest BCUT2D eigenvalue weighted by molar-refractivity contribution is 7.99. The topological polar surface area (TPSA) is 76.9 Å². The van der Waals surface area contributed by atoms with Gasteiger partial charge in [0.25, 0.3) is 0 Å². The molecule has 0 amide bonds.